The third-order valence-corrected chi connectivity index (χ3v) is 3.22. The van der Waals surface area contributed by atoms with Crippen LogP contribution in [0.2, 0.25) is 0 Å². The van der Waals surface area contributed by atoms with Gasteiger partial charge in [0, 0.05) is 11.5 Å². The molecule has 1 unspecified atom stereocenters. The van der Waals surface area contributed by atoms with E-state index in [-0.39, 0.29) is 17.4 Å². The maximum Gasteiger partial charge on any atom is 0.123 e. The number of benzene rings is 1. The van der Waals surface area contributed by atoms with Gasteiger partial charge in [0.25, 0.3) is 0 Å². The molecule has 1 aliphatic carbocycles. The number of phenolic OH excluding ortho intramolecular Hbond substituents is 2. The molecule has 0 aromatic heterocycles. The normalized spacial score (nSPS) is 16.6. The van der Waals surface area contributed by atoms with E-state index in [0.717, 1.165) is 24.8 Å². The van der Waals surface area contributed by atoms with Gasteiger partial charge in [0.15, 0.2) is 0 Å². The van der Waals surface area contributed by atoms with E-state index >= 15 is 0 Å². The fourth-order valence-corrected chi connectivity index (χ4v) is 2.48. The fourth-order valence-electron chi connectivity index (χ4n) is 2.48. The van der Waals surface area contributed by atoms with E-state index in [2.05, 4.69) is 19.6 Å². The van der Waals surface area contributed by atoms with Gasteiger partial charge in [-0.05, 0) is 57.7 Å². The topological polar surface area (TPSA) is 40.5 Å². The number of allylic oxidation sites excluding steroid dienone is 3. The molecule has 1 aliphatic rings. The lowest BCUT2D eigenvalue weighted by atomic mass is 9.85. The lowest BCUT2D eigenvalue weighted by molar-refractivity contribution is 0.428. The van der Waals surface area contributed by atoms with Crippen LogP contribution in [0.5, 0.6) is 11.5 Å². The van der Waals surface area contributed by atoms with Gasteiger partial charge in [-0.25, -0.2) is 0 Å². The second-order valence-electron chi connectivity index (χ2n) is 5.14. The molecule has 0 aliphatic heterocycles. The molecule has 2 heteroatoms. The van der Waals surface area contributed by atoms with Crippen molar-refractivity contribution in [2.24, 2.45) is 0 Å². The van der Waals surface area contributed by atoms with Crippen LogP contribution in [-0.2, 0) is 0 Å². The summed E-state index contributed by atoms with van der Waals surface area (Å²) in [4.78, 5) is 0. The quantitative estimate of drug-likeness (QED) is 0.638. The van der Waals surface area contributed by atoms with Crippen molar-refractivity contribution < 1.29 is 10.2 Å². The van der Waals surface area contributed by atoms with E-state index in [4.69, 9.17) is 0 Å². The molecule has 21 heavy (non-hydrogen) atoms. The molecule has 0 saturated carbocycles. The summed E-state index contributed by atoms with van der Waals surface area (Å²) in [6, 6.07) is 3.43. The Balaban J connectivity index is 0.000000713. The second kappa shape index (κ2) is 10.1. The van der Waals surface area contributed by atoms with Crippen LogP contribution in [0.15, 0.2) is 36.4 Å². The molecule has 1 aromatic rings. The smallest absolute Gasteiger partial charge is 0.123 e. The SMILES string of the molecule is C=CC.CC.CC1=CC(c2c(O)cc(C)cc2O)CCC1. The van der Waals surface area contributed by atoms with E-state index in [1.807, 2.05) is 27.7 Å². The molecule has 0 amide bonds. The van der Waals surface area contributed by atoms with Gasteiger partial charge >= 0.3 is 0 Å². The highest BCUT2D eigenvalue weighted by atomic mass is 16.3. The summed E-state index contributed by atoms with van der Waals surface area (Å²) in [6.07, 6.45) is 7.17. The van der Waals surface area contributed by atoms with Crippen LogP contribution in [0.4, 0.5) is 0 Å². The molecule has 2 nitrogen and oxygen atoms in total. The van der Waals surface area contributed by atoms with E-state index in [1.165, 1.54) is 5.57 Å². The lowest BCUT2D eigenvalue weighted by Crippen LogP contribution is -2.03. The predicted octanol–water partition coefficient (Wildman–Crippen LogP) is 5.84. The van der Waals surface area contributed by atoms with E-state index in [1.54, 1.807) is 18.2 Å². The number of aryl methyl sites for hydroxylation is 1. The second-order valence-corrected chi connectivity index (χ2v) is 5.14. The average Bonchev–Trinajstić information content (AvgIpc) is 2.41. The first-order valence-electron chi connectivity index (χ1n) is 7.76. The van der Waals surface area contributed by atoms with Crippen LogP contribution in [-0.4, -0.2) is 10.2 Å². The minimum absolute atomic E-state index is 0.161. The van der Waals surface area contributed by atoms with Crippen molar-refractivity contribution in [3.63, 3.8) is 0 Å². The average molecular weight is 290 g/mol. The van der Waals surface area contributed by atoms with Crippen LogP contribution in [0.1, 0.15) is 64.0 Å². The van der Waals surface area contributed by atoms with Crippen molar-refractivity contribution in [3.8, 4) is 11.5 Å². The molecular weight excluding hydrogens is 260 g/mol. The number of phenols is 2. The molecule has 0 fully saturated rings. The Labute approximate surface area is 129 Å². The van der Waals surface area contributed by atoms with Gasteiger partial charge in [0.05, 0.1) is 0 Å². The minimum Gasteiger partial charge on any atom is -0.507 e. The number of rotatable bonds is 1. The summed E-state index contributed by atoms with van der Waals surface area (Å²) >= 11 is 0. The molecular formula is C19H30O2. The summed E-state index contributed by atoms with van der Waals surface area (Å²) in [6.45, 7) is 13.2. The predicted molar refractivity (Wildman–Crippen MR) is 92.1 cm³/mol. The van der Waals surface area contributed by atoms with Crippen molar-refractivity contribution in [1.29, 1.82) is 0 Å². The van der Waals surface area contributed by atoms with Gasteiger partial charge in [-0.15, -0.1) is 6.58 Å². The molecule has 1 atom stereocenters. The largest absolute Gasteiger partial charge is 0.507 e. The maximum atomic E-state index is 9.92. The molecule has 1 aromatic carbocycles. The Kier molecular flexibility index (Phi) is 9.27. The Morgan fingerprint density at radius 1 is 1.14 bits per heavy atom. The first-order valence-corrected chi connectivity index (χ1v) is 7.76. The zero-order chi connectivity index (χ0) is 16.4. The third-order valence-electron chi connectivity index (χ3n) is 3.22. The van der Waals surface area contributed by atoms with Gasteiger partial charge < -0.3 is 10.2 Å². The zero-order valence-corrected chi connectivity index (χ0v) is 14.1. The van der Waals surface area contributed by atoms with Crippen molar-refractivity contribution in [1.82, 2.24) is 0 Å². The van der Waals surface area contributed by atoms with Crippen molar-refractivity contribution in [2.45, 2.75) is 59.8 Å². The highest BCUT2D eigenvalue weighted by molar-refractivity contribution is 5.50. The Hall–Kier alpha value is -1.70. The van der Waals surface area contributed by atoms with E-state index in [0.29, 0.717) is 5.56 Å². The Morgan fingerprint density at radius 2 is 1.62 bits per heavy atom. The highest BCUT2D eigenvalue weighted by Crippen LogP contribution is 2.41. The molecule has 0 radical (unpaired) electrons. The van der Waals surface area contributed by atoms with E-state index in [9.17, 15) is 10.2 Å². The first kappa shape index (κ1) is 19.3. The molecule has 0 spiro atoms. The fraction of sp³-hybridized carbons (Fsp3) is 0.474. The molecule has 2 N–H and O–H groups in total. The van der Waals surface area contributed by atoms with Crippen molar-refractivity contribution in [2.75, 3.05) is 0 Å². The molecule has 0 bridgehead atoms. The van der Waals surface area contributed by atoms with Gasteiger partial charge in [-0.3, -0.25) is 0 Å². The van der Waals surface area contributed by atoms with Gasteiger partial charge in [-0.1, -0.05) is 31.6 Å². The highest BCUT2D eigenvalue weighted by Gasteiger charge is 2.20. The molecule has 118 valence electrons. The summed E-state index contributed by atoms with van der Waals surface area (Å²) < 4.78 is 0. The van der Waals surface area contributed by atoms with Crippen LogP contribution in [0, 0.1) is 6.92 Å². The Morgan fingerprint density at radius 3 is 2.05 bits per heavy atom. The third kappa shape index (κ3) is 6.07. The van der Waals surface area contributed by atoms with E-state index < -0.39 is 0 Å². The minimum atomic E-state index is 0.161. The standard InChI is InChI=1S/C14H18O2.C3H6.C2H6/c1-9-4-3-5-11(6-9)14-12(15)7-10(2)8-13(14)16;1-3-2;1-2/h6-8,11,15-16H,3-5H2,1-2H3;3H,1H2,2H3;1-2H3. The molecule has 2 rings (SSSR count). The number of hydrogen-bond acceptors (Lipinski definition) is 2. The van der Waals surface area contributed by atoms with Gasteiger partial charge in [0.2, 0.25) is 0 Å². The Bertz CT molecular complexity index is 449. The number of aromatic hydroxyl groups is 2. The van der Waals surface area contributed by atoms with Crippen LogP contribution >= 0.6 is 0 Å². The monoisotopic (exact) mass is 290 g/mol. The first-order chi connectivity index (χ1) is 9.99. The van der Waals surface area contributed by atoms with Crippen LogP contribution < -0.4 is 0 Å². The maximum absolute atomic E-state index is 9.92. The number of hydrogen-bond donors (Lipinski definition) is 2. The zero-order valence-electron chi connectivity index (χ0n) is 14.1. The van der Waals surface area contributed by atoms with Crippen LogP contribution in [0.25, 0.3) is 0 Å². The summed E-state index contributed by atoms with van der Waals surface area (Å²) in [5.74, 6) is 0.594. The van der Waals surface area contributed by atoms with Gasteiger partial charge in [-0.2, -0.15) is 0 Å². The van der Waals surface area contributed by atoms with Gasteiger partial charge in [0.1, 0.15) is 11.5 Å². The summed E-state index contributed by atoms with van der Waals surface area (Å²) in [5, 5.41) is 19.8. The van der Waals surface area contributed by atoms with Crippen molar-refractivity contribution >= 4 is 0 Å². The van der Waals surface area contributed by atoms with Crippen LogP contribution in [0.3, 0.4) is 0 Å². The lowest BCUT2D eigenvalue weighted by Gasteiger charge is -2.21. The molecule has 0 saturated heterocycles. The summed E-state index contributed by atoms with van der Waals surface area (Å²) in [5.41, 5.74) is 2.91. The molecule has 0 heterocycles. The summed E-state index contributed by atoms with van der Waals surface area (Å²) in [7, 11) is 0. The van der Waals surface area contributed by atoms with Crippen molar-refractivity contribution in [3.05, 3.63) is 47.6 Å².